The number of carboxylic acids is 1. The van der Waals surface area contributed by atoms with Gasteiger partial charge in [0.1, 0.15) is 11.4 Å². The van der Waals surface area contributed by atoms with Crippen molar-refractivity contribution in [1.29, 1.82) is 0 Å². The number of pyridine rings is 1. The number of rotatable bonds is 4. The number of carbonyl (C=O) groups is 1. The van der Waals surface area contributed by atoms with Gasteiger partial charge >= 0.3 is 5.97 Å². The second-order valence-electron chi connectivity index (χ2n) is 3.31. The number of aromatic carboxylic acids is 1. The molecule has 0 aromatic carbocycles. The lowest BCUT2D eigenvalue weighted by molar-refractivity contribution is 0.0697. The SMILES string of the molecule is C#CCC(C)Nc1ncc(Br)cc1C(=O)O. The quantitative estimate of drug-likeness (QED) is 0.833. The zero-order valence-electron chi connectivity index (χ0n) is 8.70. The summed E-state index contributed by atoms with van der Waals surface area (Å²) in [5.41, 5.74) is 0.123. The Labute approximate surface area is 102 Å². The van der Waals surface area contributed by atoms with Gasteiger partial charge in [-0.3, -0.25) is 0 Å². The molecule has 0 saturated carbocycles. The minimum Gasteiger partial charge on any atom is -0.478 e. The lowest BCUT2D eigenvalue weighted by Crippen LogP contribution is -2.17. The Morgan fingerprint density at radius 1 is 1.81 bits per heavy atom. The molecular formula is C11H11BrN2O2. The third kappa shape index (κ3) is 3.24. The summed E-state index contributed by atoms with van der Waals surface area (Å²) in [7, 11) is 0. The van der Waals surface area contributed by atoms with Crippen molar-refractivity contribution in [2.45, 2.75) is 19.4 Å². The van der Waals surface area contributed by atoms with Crippen LogP contribution in [0.4, 0.5) is 5.82 Å². The highest BCUT2D eigenvalue weighted by Gasteiger charge is 2.13. The van der Waals surface area contributed by atoms with Gasteiger partial charge in [0.25, 0.3) is 0 Å². The molecule has 0 bridgehead atoms. The molecule has 0 aliphatic heterocycles. The average Bonchev–Trinajstić information content (AvgIpc) is 2.20. The molecule has 84 valence electrons. The molecule has 2 N–H and O–H groups in total. The van der Waals surface area contributed by atoms with E-state index in [-0.39, 0.29) is 11.6 Å². The summed E-state index contributed by atoms with van der Waals surface area (Å²) >= 11 is 3.18. The van der Waals surface area contributed by atoms with Crippen molar-refractivity contribution in [3.63, 3.8) is 0 Å². The first-order chi connectivity index (χ1) is 7.54. The molecule has 1 unspecified atom stereocenters. The molecule has 1 aromatic heterocycles. The summed E-state index contributed by atoms with van der Waals surface area (Å²) in [5.74, 6) is 1.81. The molecule has 0 aliphatic carbocycles. The van der Waals surface area contributed by atoms with Crippen LogP contribution < -0.4 is 5.32 Å². The number of hydrogen-bond donors (Lipinski definition) is 2. The zero-order valence-corrected chi connectivity index (χ0v) is 10.3. The van der Waals surface area contributed by atoms with Gasteiger partial charge in [0.05, 0.1) is 0 Å². The molecular weight excluding hydrogens is 272 g/mol. The lowest BCUT2D eigenvalue weighted by Gasteiger charge is -2.13. The monoisotopic (exact) mass is 282 g/mol. The topological polar surface area (TPSA) is 62.2 Å². The molecule has 16 heavy (non-hydrogen) atoms. The Bertz CT molecular complexity index is 440. The highest BCUT2D eigenvalue weighted by atomic mass is 79.9. The van der Waals surface area contributed by atoms with Crippen molar-refractivity contribution in [1.82, 2.24) is 4.98 Å². The largest absolute Gasteiger partial charge is 0.478 e. The normalized spacial score (nSPS) is 11.6. The van der Waals surface area contributed by atoms with E-state index in [9.17, 15) is 4.79 Å². The molecule has 1 rings (SSSR count). The Kier molecular flexibility index (Phi) is 4.32. The summed E-state index contributed by atoms with van der Waals surface area (Å²) in [4.78, 5) is 15.0. The van der Waals surface area contributed by atoms with Crippen molar-refractivity contribution >= 4 is 27.7 Å². The van der Waals surface area contributed by atoms with Gasteiger partial charge in [0.15, 0.2) is 0 Å². The number of anilines is 1. The van der Waals surface area contributed by atoms with Gasteiger partial charge in [-0.2, -0.15) is 0 Å². The first-order valence-corrected chi connectivity index (χ1v) is 5.42. The number of aromatic nitrogens is 1. The van der Waals surface area contributed by atoms with Crippen molar-refractivity contribution in [3.8, 4) is 12.3 Å². The van der Waals surface area contributed by atoms with E-state index in [2.05, 4.69) is 32.2 Å². The average molecular weight is 283 g/mol. The van der Waals surface area contributed by atoms with Crippen LogP contribution in [0.15, 0.2) is 16.7 Å². The highest BCUT2D eigenvalue weighted by Crippen LogP contribution is 2.19. The van der Waals surface area contributed by atoms with Crippen LogP contribution in [-0.2, 0) is 0 Å². The Hall–Kier alpha value is -1.54. The first kappa shape index (κ1) is 12.5. The first-order valence-electron chi connectivity index (χ1n) is 4.63. The van der Waals surface area contributed by atoms with Crippen LogP contribution >= 0.6 is 15.9 Å². The number of carboxylic acid groups (broad SMARTS) is 1. The molecule has 1 aromatic rings. The van der Waals surface area contributed by atoms with E-state index in [1.165, 1.54) is 12.3 Å². The predicted octanol–water partition coefficient (Wildman–Crippen LogP) is 2.37. The maximum absolute atomic E-state index is 11.0. The number of hydrogen-bond acceptors (Lipinski definition) is 3. The second kappa shape index (κ2) is 5.52. The molecule has 0 aliphatic rings. The van der Waals surface area contributed by atoms with Crippen molar-refractivity contribution in [3.05, 3.63) is 22.3 Å². The molecule has 0 spiro atoms. The van der Waals surface area contributed by atoms with Crippen LogP contribution in [0.3, 0.4) is 0 Å². The second-order valence-corrected chi connectivity index (χ2v) is 4.22. The van der Waals surface area contributed by atoms with Gasteiger partial charge in [-0.15, -0.1) is 12.3 Å². The fraction of sp³-hybridized carbons (Fsp3) is 0.273. The Morgan fingerprint density at radius 3 is 3.06 bits per heavy atom. The fourth-order valence-corrected chi connectivity index (χ4v) is 1.51. The summed E-state index contributed by atoms with van der Waals surface area (Å²) in [5, 5.41) is 12.0. The van der Waals surface area contributed by atoms with Crippen LogP contribution in [0.25, 0.3) is 0 Å². The van der Waals surface area contributed by atoms with Crippen molar-refractivity contribution in [2.24, 2.45) is 0 Å². The number of terminal acetylenes is 1. The number of nitrogens with one attached hydrogen (secondary N) is 1. The van der Waals surface area contributed by atoms with Gasteiger partial charge in [0.2, 0.25) is 0 Å². The van der Waals surface area contributed by atoms with Crippen molar-refractivity contribution < 1.29 is 9.90 Å². The van der Waals surface area contributed by atoms with Gasteiger partial charge in [-0.05, 0) is 28.9 Å². The third-order valence-corrected chi connectivity index (χ3v) is 2.33. The van der Waals surface area contributed by atoms with Gasteiger partial charge in [0, 0.05) is 23.1 Å². The van der Waals surface area contributed by atoms with Crippen LogP contribution in [-0.4, -0.2) is 22.1 Å². The van der Waals surface area contributed by atoms with Gasteiger partial charge < -0.3 is 10.4 Å². The molecule has 1 atom stereocenters. The molecule has 0 fully saturated rings. The van der Waals surface area contributed by atoms with E-state index in [0.717, 1.165) is 0 Å². The minimum atomic E-state index is -1.02. The van der Waals surface area contributed by atoms with Gasteiger partial charge in [-0.1, -0.05) is 0 Å². The summed E-state index contributed by atoms with van der Waals surface area (Å²) < 4.78 is 0.625. The standard InChI is InChI=1S/C11H11BrN2O2/c1-3-4-7(2)14-10-9(11(15)16)5-8(12)6-13-10/h1,5-7H,4H2,2H3,(H,13,14)(H,15,16). The number of nitrogens with zero attached hydrogens (tertiary/aromatic N) is 1. The van der Waals surface area contributed by atoms with Crippen LogP contribution in [0, 0.1) is 12.3 Å². The van der Waals surface area contributed by atoms with E-state index in [4.69, 9.17) is 11.5 Å². The Morgan fingerprint density at radius 2 is 2.50 bits per heavy atom. The molecule has 4 nitrogen and oxygen atoms in total. The maximum atomic E-state index is 11.0. The smallest absolute Gasteiger partial charge is 0.339 e. The highest BCUT2D eigenvalue weighted by molar-refractivity contribution is 9.10. The summed E-state index contributed by atoms with van der Waals surface area (Å²) in [6, 6.07) is 1.48. The summed E-state index contributed by atoms with van der Waals surface area (Å²) in [6.45, 7) is 1.87. The predicted molar refractivity (Wildman–Crippen MR) is 65.4 cm³/mol. The van der Waals surface area contributed by atoms with E-state index >= 15 is 0 Å². The lowest BCUT2D eigenvalue weighted by atomic mass is 10.2. The maximum Gasteiger partial charge on any atom is 0.339 e. The third-order valence-electron chi connectivity index (χ3n) is 1.89. The zero-order chi connectivity index (χ0) is 12.1. The molecule has 1 heterocycles. The number of halogens is 1. The Balaban J connectivity index is 2.96. The van der Waals surface area contributed by atoms with E-state index in [1.807, 2.05) is 6.92 Å². The summed E-state index contributed by atoms with van der Waals surface area (Å²) in [6.07, 6.45) is 7.22. The fourth-order valence-electron chi connectivity index (χ4n) is 1.18. The molecule has 5 heteroatoms. The van der Waals surface area contributed by atoms with Crippen LogP contribution in [0.5, 0.6) is 0 Å². The van der Waals surface area contributed by atoms with Gasteiger partial charge in [-0.25, -0.2) is 9.78 Å². The van der Waals surface area contributed by atoms with Crippen LogP contribution in [0.2, 0.25) is 0 Å². The van der Waals surface area contributed by atoms with E-state index < -0.39 is 5.97 Å². The van der Waals surface area contributed by atoms with Crippen molar-refractivity contribution in [2.75, 3.05) is 5.32 Å². The minimum absolute atomic E-state index is 0.0169. The van der Waals surface area contributed by atoms with Crippen LogP contribution in [0.1, 0.15) is 23.7 Å². The molecule has 0 radical (unpaired) electrons. The van der Waals surface area contributed by atoms with E-state index in [0.29, 0.717) is 16.7 Å². The molecule has 0 amide bonds. The van der Waals surface area contributed by atoms with E-state index in [1.54, 1.807) is 0 Å². The molecule has 0 saturated heterocycles.